The van der Waals surface area contributed by atoms with Crippen molar-refractivity contribution in [1.82, 2.24) is 0 Å². The fourth-order valence-corrected chi connectivity index (χ4v) is 0. The topological polar surface area (TPSA) is 17.1 Å². The van der Waals surface area contributed by atoms with Crippen LogP contribution in [0.5, 0.6) is 0 Å². The second kappa shape index (κ2) is 15.7. The van der Waals surface area contributed by atoms with Gasteiger partial charge in [-0.2, -0.15) is 0 Å². The van der Waals surface area contributed by atoms with Crippen molar-refractivity contribution in [2.75, 3.05) is 12.8 Å². The van der Waals surface area contributed by atoms with Gasteiger partial charge in [0.25, 0.3) is 0 Å². The Balaban J connectivity index is -0.0000000267. The van der Waals surface area contributed by atoms with Gasteiger partial charge >= 0.3 is 7.80 Å². The van der Waals surface area contributed by atoms with Crippen LogP contribution in [0.3, 0.4) is 0 Å². The Kier molecular flexibility index (Phi) is 47.7. The molecule has 0 saturated heterocycles. The van der Waals surface area contributed by atoms with E-state index in [1.54, 1.807) is 6.66 Å². The molecule has 0 spiro atoms. The summed E-state index contributed by atoms with van der Waals surface area (Å²) in [6, 6.07) is 0. The Hall–Kier alpha value is 0.100. The van der Waals surface area contributed by atoms with E-state index in [9.17, 15) is 4.57 Å². The van der Waals surface area contributed by atoms with E-state index in [0.717, 1.165) is 6.16 Å². The summed E-state index contributed by atoms with van der Waals surface area (Å²) in [7, 11) is -0.848. The predicted octanol–water partition coefficient (Wildman–Crippen LogP) is 3.37. The molecule has 54 valence electrons. The van der Waals surface area contributed by atoms with Crippen molar-refractivity contribution in [3.05, 3.63) is 0 Å². The van der Waals surface area contributed by atoms with Crippen molar-refractivity contribution in [2.45, 2.75) is 29.2 Å². The van der Waals surface area contributed by atoms with E-state index in [-0.39, 0.29) is 22.3 Å². The number of hydrogen-bond donors (Lipinski definition) is 0. The van der Waals surface area contributed by atoms with Gasteiger partial charge in [0.15, 0.2) is 0 Å². The molecule has 0 N–H and O–H groups in total. The molecule has 1 nitrogen and oxygen atoms in total. The fraction of sp³-hybridized carbons (Fsp3) is 1.00. The van der Waals surface area contributed by atoms with Crippen molar-refractivity contribution in [1.29, 1.82) is 0 Å². The number of rotatable bonds is 1. The smallest absolute Gasteiger partial charge is 0.0776 e. The van der Waals surface area contributed by atoms with Crippen LogP contribution in [0.25, 0.3) is 0 Å². The summed E-state index contributed by atoms with van der Waals surface area (Å²) in [5.74, 6) is 0. The summed E-state index contributed by atoms with van der Waals surface area (Å²) in [6.45, 7) is 3.65. The third kappa shape index (κ3) is 36.0. The van der Waals surface area contributed by atoms with Gasteiger partial charge in [0, 0.05) is 0 Å². The molecule has 1 atom stereocenters. The van der Waals surface area contributed by atoms with E-state index in [1.165, 1.54) is 0 Å². The molecule has 0 rings (SSSR count). The first-order valence-corrected chi connectivity index (χ1v) is 3.55. The van der Waals surface area contributed by atoms with Crippen molar-refractivity contribution >= 4 is 7.80 Å². The van der Waals surface area contributed by atoms with Gasteiger partial charge in [-0.3, -0.25) is 0 Å². The zero-order valence-corrected chi connectivity index (χ0v) is 4.46. The molecular weight excluding hydrogens is 119 g/mol. The Labute approximate surface area is 55.3 Å². The quantitative estimate of drug-likeness (QED) is 0.509. The van der Waals surface area contributed by atoms with E-state index >= 15 is 0 Å². The molecule has 0 heterocycles. The van der Waals surface area contributed by atoms with Gasteiger partial charge in [-0.25, -0.2) is 0 Å². The Morgan fingerprint density at radius 3 is 1.38 bits per heavy atom. The predicted molar refractivity (Wildman–Crippen MR) is 44.3 cm³/mol. The van der Waals surface area contributed by atoms with E-state index in [0.29, 0.717) is 0 Å². The lowest BCUT2D eigenvalue weighted by Crippen LogP contribution is -1.55. The maximum Gasteiger partial charge on any atom is 0.335 e. The monoisotopic (exact) mass is 139 g/mol. The van der Waals surface area contributed by atoms with Crippen LogP contribution in [0, 0.1) is 0 Å². The summed E-state index contributed by atoms with van der Waals surface area (Å²) < 4.78 is 9.96. The van der Waals surface area contributed by atoms with Crippen LogP contribution in [0.4, 0.5) is 0 Å². The summed E-state index contributed by atoms with van der Waals surface area (Å²) in [6.07, 6.45) is 0.815. The summed E-state index contributed by atoms with van der Waals surface area (Å²) in [4.78, 5) is 0. The van der Waals surface area contributed by atoms with E-state index in [1.807, 2.05) is 6.92 Å². The van der Waals surface area contributed by atoms with Crippen LogP contribution in [-0.2, 0) is 4.57 Å². The largest absolute Gasteiger partial charge is 0.335 e. The first kappa shape index (κ1) is 24.3. The molecule has 0 bridgehead atoms. The van der Waals surface area contributed by atoms with Crippen molar-refractivity contribution in [2.24, 2.45) is 0 Å². The minimum atomic E-state index is -0.848. The van der Waals surface area contributed by atoms with Crippen molar-refractivity contribution in [3.63, 3.8) is 0 Å². The highest BCUT2D eigenvalue weighted by Gasteiger charge is 1.93. The van der Waals surface area contributed by atoms with Crippen molar-refractivity contribution in [3.8, 4) is 0 Å². The molecule has 0 aliphatic rings. The normalized spacial score (nSPS) is 7.00. The zero-order chi connectivity index (χ0) is 4.28. The zero-order valence-electron chi connectivity index (χ0n) is 3.56. The van der Waals surface area contributed by atoms with Gasteiger partial charge in [-0.1, -0.05) is 26.8 Å². The molecule has 0 saturated carbocycles. The second-order valence-electron chi connectivity index (χ2n) is 0.944. The average Bonchev–Trinajstić information content (AvgIpc) is 1.38. The average molecular weight is 139 g/mol. The van der Waals surface area contributed by atoms with Crippen LogP contribution in [0.15, 0.2) is 0 Å². The van der Waals surface area contributed by atoms with Gasteiger partial charge in [-0.05, 0) is 6.92 Å². The first-order chi connectivity index (χ1) is 2.27. The second-order valence-corrected chi connectivity index (χ2v) is 2.83. The number of hydrogen-bond acceptors (Lipinski definition) is 1. The van der Waals surface area contributed by atoms with Crippen LogP contribution in [0.2, 0.25) is 0 Å². The summed E-state index contributed by atoms with van der Waals surface area (Å²) in [5.41, 5.74) is 0. The lowest BCUT2D eigenvalue weighted by Gasteiger charge is -1.55. The van der Waals surface area contributed by atoms with Gasteiger partial charge in [0.2, 0.25) is 0 Å². The van der Waals surface area contributed by atoms with Gasteiger partial charge < -0.3 is 0 Å². The first-order valence-electron chi connectivity index (χ1n) is 1.65. The minimum absolute atomic E-state index is 0. The van der Waals surface area contributed by atoms with Crippen LogP contribution in [0.1, 0.15) is 29.2 Å². The van der Waals surface area contributed by atoms with Gasteiger partial charge in [0.05, 0.1) is 0 Å². The molecule has 0 aromatic rings. The Morgan fingerprint density at radius 2 is 1.38 bits per heavy atom. The molecule has 0 aromatic carbocycles. The lowest BCUT2D eigenvalue weighted by atomic mass is 11.0. The van der Waals surface area contributed by atoms with Crippen LogP contribution >= 0.6 is 7.80 Å². The SMILES string of the molecule is C.C.C.CC[P+](C)=O. The molecule has 1 unspecified atom stereocenters. The van der Waals surface area contributed by atoms with E-state index < -0.39 is 7.80 Å². The molecule has 0 aliphatic heterocycles. The highest BCUT2D eigenvalue weighted by Crippen LogP contribution is 2.09. The maximum atomic E-state index is 9.96. The molecule has 0 amide bonds. The highest BCUT2D eigenvalue weighted by atomic mass is 31.1. The van der Waals surface area contributed by atoms with E-state index in [2.05, 4.69) is 0 Å². The Morgan fingerprint density at radius 1 is 1.25 bits per heavy atom. The molecule has 2 heteroatoms. The molecule has 8 heavy (non-hydrogen) atoms. The summed E-state index contributed by atoms with van der Waals surface area (Å²) in [5, 5.41) is 0. The maximum absolute atomic E-state index is 9.96. The minimum Gasteiger partial charge on any atom is -0.0776 e. The van der Waals surface area contributed by atoms with Gasteiger partial charge in [-0.15, -0.1) is 0 Å². The summed E-state index contributed by atoms with van der Waals surface area (Å²) >= 11 is 0. The molecular formula is C6H20OP+. The van der Waals surface area contributed by atoms with Gasteiger partial charge in [0.1, 0.15) is 12.8 Å². The highest BCUT2D eigenvalue weighted by molar-refractivity contribution is 7.43. The lowest BCUT2D eigenvalue weighted by molar-refractivity contribution is 0.592. The standard InChI is InChI=1S/C3H8OP.3CH4/c1-3-5(2)4;;;/h3H2,1-2H3;3*1H4/q+1;;;. The Bertz CT molecular complexity index is 43.8. The fourth-order valence-electron chi connectivity index (χ4n) is 0. The van der Waals surface area contributed by atoms with Crippen LogP contribution in [-0.4, -0.2) is 12.8 Å². The third-order valence-electron chi connectivity index (χ3n) is 0.445. The molecule has 0 aliphatic carbocycles. The molecule has 0 radical (unpaired) electrons. The molecule has 0 fully saturated rings. The third-order valence-corrected chi connectivity index (χ3v) is 1.34. The molecule has 0 aromatic heterocycles. The van der Waals surface area contributed by atoms with E-state index in [4.69, 9.17) is 0 Å². The van der Waals surface area contributed by atoms with Crippen LogP contribution < -0.4 is 0 Å². The van der Waals surface area contributed by atoms with Crippen molar-refractivity contribution < 1.29 is 4.57 Å².